The largest absolute Gasteiger partial charge is 0.315 e. The lowest BCUT2D eigenvalue weighted by molar-refractivity contribution is 0.367. The summed E-state index contributed by atoms with van der Waals surface area (Å²) < 4.78 is 1.99. The van der Waals surface area contributed by atoms with Crippen LogP contribution in [0, 0.1) is 5.92 Å². The van der Waals surface area contributed by atoms with Crippen molar-refractivity contribution in [2.24, 2.45) is 5.92 Å². The number of thiol groups is 1. The van der Waals surface area contributed by atoms with Crippen LogP contribution in [-0.4, -0.2) is 30.5 Å². The molecule has 0 aliphatic carbocycles. The first-order valence-corrected chi connectivity index (χ1v) is 3.74. The van der Waals surface area contributed by atoms with Crippen molar-refractivity contribution in [1.29, 1.82) is 0 Å². The predicted octanol–water partition coefficient (Wildman–Crippen LogP) is 0.371. The first kappa shape index (κ1) is 7.38. The molecule has 0 unspecified atom stereocenters. The van der Waals surface area contributed by atoms with Crippen LogP contribution in [0.3, 0.4) is 0 Å². The molecule has 54 valence electrons. The van der Waals surface area contributed by atoms with Crippen LogP contribution >= 0.6 is 12.8 Å². The fourth-order valence-electron chi connectivity index (χ4n) is 1.30. The van der Waals surface area contributed by atoms with Crippen molar-refractivity contribution in [2.45, 2.75) is 13.0 Å². The first-order valence-electron chi connectivity index (χ1n) is 3.34. The van der Waals surface area contributed by atoms with Crippen molar-refractivity contribution in [3.05, 3.63) is 0 Å². The summed E-state index contributed by atoms with van der Waals surface area (Å²) in [6.07, 6.45) is 0. The van der Waals surface area contributed by atoms with Crippen molar-refractivity contribution in [1.82, 2.24) is 9.62 Å². The second kappa shape index (κ2) is 2.90. The summed E-state index contributed by atoms with van der Waals surface area (Å²) in [5.41, 5.74) is 0. The molecule has 0 radical (unpaired) electrons. The van der Waals surface area contributed by atoms with E-state index in [1.54, 1.807) is 0 Å². The van der Waals surface area contributed by atoms with E-state index in [-0.39, 0.29) is 0 Å². The minimum atomic E-state index is 0.619. The summed E-state index contributed by atoms with van der Waals surface area (Å²) in [6.45, 7) is 4.47. The second-order valence-electron chi connectivity index (χ2n) is 2.78. The van der Waals surface area contributed by atoms with E-state index in [4.69, 9.17) is 0 Å². The fraction of sp³-hybridized carbons (Fsp3) is 1.00. The molecule has 0 saturated carbocycles. The van der Waals surface area contributed by atoms with Crippen LogP contribution in [0.5, 0.6) is 0 Å². The molecule has 9 heavy (non-hydrogen) atoms. The first-order chi connectivity index (χ1) is 4.22. The van der Waals surface area contributed by atoms with Crippen LogP contribution in [0.15, 0.2) is 0 Å². The van der Waals surface area contributed by atoms with Gasteiger partial charge in [0.05, 0.1) is 0 Å². The van der Waals surface area contributed by atoms with Gasteiger partial charge < -0.3 is 5.32 Å². The van der Waals surface area contributed by atoms with Crippen molar-refractivity contribution >= 4 is 12.8 Å². The molecule has 1 aliphatic heterocycles. The summed E-state index contributed by atoms with van der Waals surface area (Å²) in [6, 6.07) is 0.619. The zero-order valence-corrected chi connectivity index (χ0v) is 6.86. The zero-order chi connectivity index (χ0) is 6.85. The topological polar surface area (TPSA) is 15.3 Å². The third-order valence-electron chi connectivity index (χ3n) is 1.96. The summed E-state index contributed by atoms with van der Waals surface area (Å²) in [5, 5.41) is 3.31. The van der Waals surface area contributed by atoms with E-state index in [2.05, 4.69) is 25.1 Å². The van der Waals surface area contributed by atoms with E-state index in [1.165, 1.54) is 0 Å². The zero-order valence-electron chi connectivity index (χ0n) is 5.96. The molecule has 1 fully saturated rings. The lowest BCUT2D eigenvalue weighted by Crippen LogP contribution is -2.29. The van der Waals surface area contributed by atoms with Crippen LogP contribution in [-0.2, 0) is 0 Å². The number of hydrogen-bond donors (Lipinski definition) is 2. The molecule has 0 aromatic carbocycles. The molecule has 0 spiro atoms. The Morgan fingerprint density at radius 1 is 1.56 bits per heavy atom. The van der Waals surface area contributed by atoms with Gasteiger partial charge in [-0.05, 0) is 19.5 Å². The fourth-order valence-corrected chi connectivity index (χ4v) is 1.61. The smallest absolute Gasteiger partial charge is 0.0359 e. The van der Waals surface area contributed by atoms with E-state index in [1.807, 2.05) is 11.4 Å². The van der Waals surface area contributed by atoms with Gasteiger partial charge >= 0.3 is 0 Å². The second-order valence-corrected chi connectivity index (χ2v) is 3.41. The van der Waals surface area contributed by atoms with Crippen molar-refractivity contribution < 1.29 is 0 Å². The third kappa shape index (κ3) is 1.60. The highest BCUT2D eigenvalue weighted by atomic mass is 32.1. The van der Waals surface area contributed by atoms with Gasteiger partial charge in [0.25, 0.3) is 0 Å². The van der Waals surface area contributed by atoms with Crippen molar-refractivity contribution in [3.63, 3.8) is 0 Å². The molecule has 1 saturated heterocycles. The molecule has 2 nitrogen and oxygen atoms in total. The average Bonchev–Trinajstić information content (AvgIpc) is 2.13. The molecule has 0 aromatic heterocycles. The Kier molecular flexibility index (Phi) is 2.38. The maximum absolute atomic E-state index is 4.25. The highest BCUT2D eigenvalue weighted by molar-refractivity contribution is 7.77. The average molecular weight is 146 g/mol. The molecular weight excluding hydrogens is 132 g/mol. The van der Waals surface area contributed by atoms with Gasteiger partial charge in [0.2, 0.25) is 0 Å². The molecule has 0 bridgehead atoms. The van der Waals surface area contributed by atoms with Crippen molar-refractivity contribution in [2.75, 3.05) is 20.1 Å². The summed E-state index contributed by atoms with van der Waals surface area (Å²) >= 11 is 4.25. The highest BCUT2D eigenvalue weighted by Crippen LogP contribution is 2.14. The van der Waals surface area contributed by atoms with Gasteiger partial charge in [-0.2, -0.15) is 0 Å². The van der Waals surface area contributed by atoms with E-state index < -0.39 is 0 Å². The van der Waals surface area contributed by atoms with Gasteiger partial charge in [0, 0.05) is 12.6 Å². The molecular formula is C6H14N2S. The number of rotatable bonds is 1. The maximum atomic E-state index is 4.25. The van der Waals surface area contributed by atoms with E-state index in [0.29, 0.717) is 6.04 Å². The summed E-state index contributed by atoms with van der Waals surface area (Å²) in [7, 11) is 2.01. The Labute approximate surface area is 62.2 Å². The Morgan fingerprint density at radius 2 is 2.22 bits per heavy atom. The Balaban J connectivity index is 2.40. The predicted molar refractivity (Wildman–Crippen MR) is 42.6 cm³/mol. The third-order valence-corrected chi connectivity index (χ3v) is 2.25. The molecule has 1 heterocycles. The van der Waals surface area contributed by atoms with Gasteiger partial charge in [0.15, 0.2) is 0 Å². The normalized spacial score (nSPS) is 36.0. The standard InChI is InChI=1S/C6H14N2S/c1-5-3-7-4-6(5)8(2)9/h5-7,9H,3-4H2,1-2H3/t5-,6+/m1/s1. The number of likely N-dealkylation sites (N-methyl/N-ethyl adjacent to an activating group) is 1. The highest BCUT2D eigenvalue weighted by Gasteiger charge is 2.24. The molecule has 1 rings (SSSR count). The van der Waals surface area contributed by atoms with Crippen LogP contribution in [0.1, 0.15) is 6.92 Å². The summed E-state index contributed by atoms with van der Waals surface area (Å²) in [5.74, 6) is 0.743. The molecule has 0 aromatic rings. The van der Waals surface area contributed by atoms with Gasteiger partial charge in [-0.1, -0.05) is 19.7 Å². The Hall–Kier alpha value is 0.270. The number of nitrogens with zero attached hydrogens (tertiary/aromatic N) is 1. The lowest BCUT2D eigenvalue weighted by Gasteiger charge is -2.20. The summed E-state index contributed by atoms with van der Waals surface area (Å²) in [4.78, 5) is 0. The van der Waals surface area contributed by atoms with Gasteiger partial charge in [0.1, 0.15) is 0 Å². The Morgan fingerprint density at radius 3 is 2.44 bits per heavy atom. The van der Waals surface area contributed by atoms with Gasteiger partial charge in [-0.15, -0.1) is 0 Å². The maximum Gasteiger partial charge on any atom is 0.0359 e. The number of hydrogen-bond acceptors (Lipinski definition) is 3. The SMILES string of the molecule is C[C@@H]1CNC[C@@H]1N(C)S. The van der Waals surface area contributed by atoms with Gasteiger partial charge in [-0.25, -0.2) is 0 Å². The van der Waals surface area contributed by atoms with Gasteiger partial charge in [-0.3, -0.25) is 4.31 Å². The Bertz CT molecular complexity index is 95.1. The van der Waals surface area contributed by atoms with E-state index in [9.17, 15) is 0 Å². The monoisotopic (exact) mass is 146 g/mol. The van der Waals surface area contributed by atoms with E-state index >= 15 is 0 Å². The molecule has 1 aliphatic rings. The van der Waals surface area contributed by atoms with Crippen molar-refractivity contribution in [3.8, 4) is 0 Å². The van der Waals surface area contributed by atoms with E-state index in [0.717, 1.165) is 19.0 Å². The van der Waals surface area contributed by atoms with Crippen LogP contribution < -0.4 is 5.32 Å². The molecule has 2 atom stereocenters. The minimum absolute atomic E-state index is 0.619. The molecule has 0 amide bonds. The quantitative estimate of drug-likeness (QED) is 0.520. The molecule has 3 heteroatoms. The lowest BCUT2D eigenvalue weighted by atomic mass is 10.1. The molecule has 1 N–H and O–H groups in total. The van der Waals surface area contributed by atoms with Crippen LogP contribution in [0.2, 0.25) is 0 Å². The van der Waals surface area contributed by atoms with Crippen LogP contribution in [0.25, 0.3) is 0 Å². The number of nitrogens with one attached hydrogen (secondary N) is 1. The minimum Gasteiger partial charge on any atom is -0.315 e. The van der Waals surface area contributed by atoms with Crippen LogP contribution in [0.4, 0.5) is 0 Å².